The molecule has 0 bridgehead atoms. The van der Waals surface area contributed by atoms with Gasteiger partial charge >= 0.3 is 5.97 Å². The van der Waals surface area contributed by atoms with Gasteiger partial charge in [-0.2, -0.15) is 0 Å². The van der Waals surface area contributed by atoms with Gasteiger partial charge in [-0.3, -0.25) is 4.79 Å². The summed E-state index contributed by atoms with van der Waals surface area (Å²) in [6, 6.07) is 16.9. The van der Waals surface area contributed by atoms with Crippen LogP contribution in [-0.4, -0.2) is 25.5 Å². The van der Waals surface area contributed by atoms with Crippen LogP contribution in [0, 0.1) is 0 Å². The fraction of sp³-hybridized carbons (Fsp3) is 0.235. The Labute approximate surface area is 136 Å². The van der Waals surface area contributed by atoms with Crippen LogP contribution in [0.1, 0.15) is 17.5 Å². The van der Waals surface area contributed by atoms with Crippen molar-refractivity contribution in [2.45, 2.75) is 24.6 Å². The molecule has 0 radical (unpaired) electrons. The maximum absolute atomic E-state index is 12.2. The number of aliphatic carboxylic acids is 1. The van der Waals surface area contributed by atoms with Crippen molar-refractivity contribution in [2.75, 3.05) is 0 Å². The summed E-state index contributed by atoms with van der Waals surface area (Å²) in [5, 5.41) is 9.25. The highest BCUT2D eigenvalue weighted by Gasteiger charge is 2.24. The fourth-order valence-corrected chi connectivity index (χ4v) is 3.61. The molecule has 2 aromatic carbocycles. The molecule has 0 aliphatic heterocycles. The first kappa shape index (κ1) is 17.2. The Kier molecular flexibility index (Phi) is 5.90. The molecule has 0 aromatic heterocycles. The molecule has 0 aliphatic rings. The van der Waals surface area contributed by atoms with E-state index in [-0.39, 0.29) is 12.2 Å². The average molecular weight is 333 g/mol. The molecule has 2 aromatic rings. The van der Waals surface area contributed by atoms with E-state index in [2.05, 4.69) is 4.72 Å². The van der Waals surface area contributed by atoms with Gasteiger partial charge in [0.1, 0.15) is 6.04 Å². The Morgan fingerprint density at radius 2 is 1.48 bits per heavy atom. The van der Waals surface area contributed by atoms with E-state index in [1.54, 1.807) is 30.3 Å². The van der Waals surface area contributed by atoms with Gasteiger partial charge in [-0.05, 0) is 24.0 Å². The molecule has 2 rings (SSSR count). The second-order valence-electron chi connectivity index (χ2n) is 5.28. The molecule has 6 heteroatoms. The van der Waals surface area contributed by atoms with Crippen LogP contribution in [0.2, 0.25) is 0 Å². The molecule has 1 atom stereocenters. The number of aryl methyl sites for hydroxylation is 1. The molecule has 0 aliphatic carbocycles. The number of carboxylic acids is 1. The Bertz CT molecular complexity index is 730. The van der Waals surface area contributed by atoms with Gasteiger partial charge < -0.3 is 5.11 Å². The lowest BCUT2D eigenvalue weighted by atomic mass is 10.1. The zero-order valence-electron chi connectivity index (χ0n) is 12.6. The van der Waals surface area contributed by atoms with Gasteiger partial charge in [0.2, 0.25) is 10.0 Å². The fourth-order valence-electron chi connectivity index (χ4n) is 2.24. The van der Waals surface area contributed by atoms with Crippen LogP contribution in [0.25, 0.3) is 0 Å². The summed E-state index contributed by atoms with van der Waals surface area (Å²) in [6.07, 6.45) is 0.693. The topological polar surface area (TPSA) is 83.5 Å². The van der Waals surface area contributed by atoms with E-state index in [0.717, 1.165) is 5.56 Å². The Hall–Kier alpha value is -2.18. The van der Waals surface area contributed by atoms with Crippen molar-refractivity contribution in [3.63, 3.8) is 0 Å². The van der Waals surface area contributed by atoms with Crippen LogP contribution < -0.4 is 4.72 Å². The molecular formula is C17H19NO4S. The largest absolute Gasteiger partial charge is 0.480 e. The van der Waals surface area contributed by atoms with Crippen LogP contribution in [0.3, 0.4) is 0 Å². The molecular weight excluding hydrogens is 314 g/mol. The monoisotopic (exact) mass is 333 g/mol. The number of hydrogen-bond donors (Lipinski definition) is 2. The van der Waals surface area contributed by atoms with Crippen LogP contribution in [0.4, 0.5) is 0 Å². The number of benzene rings is 2. The number of sulfonamides is 1. The lowest BCUT2D eigenvalue weighted by Gasteiger charge is -2.15. The minimum Gasteiger partial charge on any atom is -0.480 e. The molecule has 0 amide bonds. The van der Waals surface area contributed by atoms with Crippen molar-refractivity contribution in [2.24, 2.45) is 0 Å². The zero-order chi connectivity index (χ0) is 16.7. The molecule has 2 N–H and O–H groups in total. The maximum atomic E-state index is 12.2. The molecule has 0 heterocycles. The molecule has 122 valence electrons. The van der Waals surface area contributed by atoms with E-state index in [4.69, 9.17) is 0 Å². The van der Waals surface area contributed by atoms with Gasteiger partial charge in [0.05, 0.1) is 5.75 Å². The third-order valence-electron chi connectivity index (χ3n) is 3.38. The summed E-state index contributed by atoms with van der Waals surface area (Å²) in [5.74, 6) is -1.40. The lowest BCUT2D eigenvalue weighted by molar-refractivity contribution is -0.139. The van der Waals surface area contributed by atoms with Crippen LogP contribution in [0.15, 0.2) is 60.7 Å². The van der Waals surface area contributed by atoms with Gasteiger partial charge in [-0.25, -0.2) is 13.1 Å². The van der Waals surface area contributed by atoms with Gasteiger partial charge in [0.25, 0.3) is 0 Å². The SMILES string of the molecule is O=C(O)C(CCc1ccccc1)NS(=O)(=O)Cc1ccccc1. The summed E-state index contributed by atoms with van der Waals surface area (Å²) in [5.41, 5.74) is 1.59. The average Bonchev–Trinajstić information content (AvgIpc) is 2.52. The second kappa shape index (κ2) is 7.89. The summed E-state index contributed by atoms with van der Waals surface area (Å²) >= 11 is 0. The number of nitrogens with one attached hydrogen (secondary N) is 1. The van der Waals surface area contributed by atoms with Crippen molar-refractivity contribution in [3.8, 4) is 0 Å². The predicted molar refractivity (Wildman–Crippen MR) is 88.4 cm³/mol. The number of carboxylic acid groups (broad SMARTS) is 1. The summed E-state index contributed by atoms with van der Waals surface area (Å²) in [6.45, 7) is 0. The number of rotatable bonds is 8. The van der Waals surface area contributed by atoms with Crippen LogP contribution in [-0.2, 0) is 27.0 Å². The van der Waals surface area contributed by atoms with E-state index in [1.165, 1.54) is 0 Å². The normalized spacial score (nSPS) is 12.7. The predicted octanol–water partition coefficient (Wildman–Crippen LogP) is 2.19. The van der Waals surface area contributed by atoms with Crippen molar-refractivity contribution in [1.82, 2.24) is 4.72 Å². The standard InChI is InChI=1S/C17H19NO4S/c19-17(20)16(12-11-14-7-3-1-4-8-14)18-23(21,22)13-15-9-5-2-6-10-15/h1-10,16,18H,11-13H2,(H,19,20). The third kappa shape index (κ3) is 5.84. The smallest absolute Gasteiger partial charge is 0.321 e. The summed E-state index contributed by atoms with van der Waals surface area (Å²) in [7, 11) is -3.71. The molecule has 0 fully saturated rings. The molecule has 0 spiro atoms. The van der Waals surface area contributed by atoms with E-state index < -0.39 is 22.0 Å². The van der Waals surface area contributed by atoms with Crippen molar-refractivity contribution < 1.29 is 18.3 Å². The summed E-state index contributed by atoms with van der Waals surface area (Å²) in [4.78, 5) is 11.3. The van der Waals surface area contributed by atoms with Gasteiger partial charge in [0, 0.05) is 0 Å². The Morgan fingerprint density at radius 3 is 2.00 bits per heavy atom. The molecule has 5 nitrogen and oxygen atoms in total. The number of carbonyl (C=O) groups is 1. The molecule has 23 heavy (non-hydrogen) atoms. The van der Waals surface area contributed by atoms with E-state index in [1.807, 2.05) is 30.3 Å². The zero-order valence-corrected chi connectivity index (χ0v) is 13.4. The maximum Gasteiger partial charge on any atom is 0.321 e. The Balaban J connectivity index is 1.99. The van der Waals surface area contributed by atoms with Gasteiger partial charge in [0.15, 0.2) is 0 Å². The second-order valence-corrected chi connectivity index (χ2v) is 7.03. The first-order chi connectivity index (χ1) is 11.0. The quantitative estimate of drug-likeness (QED) is 0.776. The van der Waals surface area contributed by atoms with E-state index in [9.17, 15) is 18.3 Å². The minimum atomic E-state index is -3.71. The highest BCUT2D eigenvalue weighted by Crippen LogP contribution is 2.09. The van der Waals surface area contributed by atoms with Crippen molar-refractivity contribution in [1.29, 1.82) is 0 Å². The first-order valence-corrected chi connectivity index (χ1v) is 8.92. The van der Waals surface area contributed by atoms with Crippen LogP contribution >= 0.6 is 0 Å². The number of hydrogen-bond acceptors (Lipinski definition) is 3. The van der Waals surface area contributed by atoms with E-state index in [0.29, 0.717) is 12.0 Å². The Morgan fingerprint density at radius 1 is 0.957 bits per heavy atom. The highest BCUT2D eigenvalue weighted by atomic mass is 32.2. The first-order valence-electron chi connectivity index (χ1n) is 7.27. The van der Waals surface area contributed by atoms with Gasteiger partial charge in [-0.15, -0.1) is 0 Å². The molecule has 0 saturated heterocycles. The van der Waals surface area contributed by atoms with Crippen molar-refractivity contribution in [3.05, 3.63) is 71.8 Å². The van der Waals surface area contributed by atoms with Gasteiger partial charge in [-0.1, -0.05) is 60.7 Å². The minimum absolute atomic E-state index is 0.202. The van der Waals surface area contributed by atoms with Crippen molar-refractivity contribution >= 4 is 16.0 Å². The molecule has 0 saturated carbocycles. The van der Waals surface area contributed by atoms with E-state index >= 15 is 0 Å². The molecule has 1 unspecified atom stereocenters. The van der Waals surface area contributed by atoms with Crippen LogP contribution in [0.5, 0.6) is 0 Å². The summed E-state index contributed by atoms with van der Waals surface area (Å²) < 4.78 is 26.6. The third-order valence-corrected chi connectivity index (χ3v) is 4.74. The lowest BCUT2D eigenvalue weighted by Crippen LogP contribution is -2.41. The highest BCUT2D eigenvalue weighted by molar-refractivity contribution is 7.88.